The number of hydrogen-bond acceptors (Lipinski definition) is 5. The van der Waals surface area contributed by atoms with Gasteiger partial charge in [-0.3, -0.25) is 9.69 Å². The zero-order valence-electron chi connectivity index (χ0n) is 19.7. The summed E-state index contributed by atoms with van der Waals surface area (Å²) in [6.07, 6.45) is 4.70. The van der Waals surface area contributed by atoms with Crippen molar-refractivity contribution in [2.45, 2.75) is 65.4 Å². The number of hydrogen-bond donors (Lipinski definition) is 0. The Morgan fingerprint density at radius 2 is 1.91 bits per heavy atom. The van der Waals surface area contributed by atoms with Crippen LogP contribution in [0.25, 0.3) is 15.9 Å². The minimum absolute atomic E-state index is 0.155. The first-order chi connectivity index (χ1) is 15.1. The molecule has 1 saturated heterocycles. The van der Waals surface area contributed by atoms with Gasteiger partial charge in [-0.1, -0.05) is 19.1 Å². The van der Waals surface area contributed by atoms with Gasteiger partial charge in [0, 0.05) is 38.0 Å². The van der Waals surface area contributed by atoms with Crippen LogP contribution in [0.5, 0.6) is 0 Å². The second kappa shape index (κ2) is 8.85. The lowest BCUT2D eigenvalue weighted by Crippen LogP contribution is -2.39. The minimum Gasteiger partial charge on any atom is -0.443 e. The van der Waals surface area contributed by atoms with Crippen molar-refractivity contribution in [3.63, 3.8) is 0 Å². The van der Waals surface area contributed by atoms with Crippen LogP contribution in [0.1, 0.15) is 70.4 Å². The smallest absolute Gasteiger partial charge is 0.414 e. The lowest BCUT2D eigenvalue weighted by molar-refractivity contribution is -0.129. The molecule has 1 atom stereocenters. The molecular weight excluding hydrogens is 422 g/mol. The van der Waals surface area contributed by atoms with E-state index in [9.17, 15) is 9.59 Å². The second-order valence-corrected chi connectivity index (χ2v) is 11.1. The fraction of sp³-hybridized carbons (Fsp3) is 0.560. The molecular formula is C25H33N3O3S. The molecule has 0 spiro atoms. The Hall–Kier alpha value is -2.41. The lowest BCUT2D eigenvalue weighted by atomic mass is 9.97. The van der Waals surface area contributed by atoms with E-state index in [1.807, 2.05) is 25.7 Å². The van der Waals surface area contributed by atoms with Crippen molar-refractivity contribution in [1.29, 1.82) is 0 Å². The van der Waals surface area contributed by atoms with Gasteiger partial charge in [0.25, 0.3) is 0 Å². The van der Waals surface area contributed by atoms with Crippen LogP contribution in [0, 0.1) is 5.92 Å². The largest absolute Gasteiger partial charge is 0.443 e. The first-order valence-electron chi connectivity index (χ1n) is 11.5. The minimum atomic E-state index is -0.533. The number of carbonyl (C=O) groups is 2. The van der Waals surface area contributed by atoms with Gasteiger partial charge < -0.3 is 9.64 Å². The molecule has 2 aromatic rings. The topological polar surface area (TPSA) is 62.7 Å². The van der Waals surface area contributed by atoms with Crippen LogP contribution in [0.4, 0.5) is 4.79 Å². The number of likely N-dealkylation sites (tertiary alicyclic amines) is 1. The Morgan fingerprint density at radius 1 is 1.19 bits per heavy atom. The number of ether oxygens (including phenoxy) is 1. The molecule has 7 heteroatoms. The van der Waals surface area contributed by atoms with Gasteiger partial charge >= 0.3 is 6.09 Å². The number of allylic oxidation sites excluding steroid dienone is 1. The average Bonchev–Trinajstić information content (AvgIpc) is 3.16. The summed E-state index contributed by atoms with van der Waals surface area (Å²) < 4.78 is 6.84. The number of rotatable bonds is 2. The number of amides is 2. The van der Waals surface area contributed by atoms with E-state index in [2.05, 4.69) is 31.2 Å². The van der Waals surface area contributed by atoms with Crippen LogP contribution >= 0.6 is 11.3 Å². The van der Waals surface area contributed by atoms with Crippen molar-refractivity contribution in [1.82, 2.24) is 14.8 Å². The molecule has 1 aromatic carbocycles. The number of benzene rings is 1. The quantitative estimate of drug-likeness (QED) is 0.588. The molecule has 0 saturated carbocycles. The molecule has 0 N–H and O–H groups in total. The molecule has 0 unspecified atom stereocenters. The fourth-order valence-electron chi connectivity index (χ4n) is 4.39. The van der Waals surface area contributed by atoms with Gasteiger partial charge in [-0.2, -0.15) is 0 Å². The Balaban J connectivity index is 1.57. The summed E-state index contributed by atoms with van der Waals surface area (Å²) in [5.74, 6) is 0.947. The third-order valence-corrected chi connectivity index (χ3v) is 7.30. The number of thiazole rings is 1. The van der Waals surface area contributed by atoms with Gasteiger partial charge in [-0.15, -0.1) is 11.3 Å². The number of fused-ring (bicyclic) bond motifs is 1. The maximum atomic E-state index is 12.9. The monoisotopic (exact) mass is 455 g/mol. The fourth-order valence-corrected chi connectivity index (χ4v) is 5.51. The third kappa shape index (κ3) is 4.98. The van der Waals surface area contributed by atoms with Gasteiger partial charge in [0.05, 0.1) is 20.9 Å². The highest BCUT2D eigenvalue weighted by Crippen LogP contribution is 2.36. The first kappa shape index (κ1) is 22.8. The average molecular weight is 456 g/mol. The third-order valence-electron chi connectivity index (χ3n) is 6.10. The molecule has 2 aliphatic rings. The number of carbonyl (C=O) groups excluding carboxylic acids is 2. The van der Waals surface area contributed by atoms with Crippen molar-refractivity contribution >= 4 is 39.3 Å². The molecule has 0 radical (unpaired) electrons. The summed E-state index contributed by atoms with van der Waals surface area (Å²) in [5.41, 5.74) is 2.34. The zero-order valence-corrected chi connectivity index (χ0v) is 20.5. The van der Waals surface area contributed by atoms with E-state index in [-0.39, 0.29) is 12.0 Å². The number of aromatic nitrogens is 1. The van der Waals surface area contributed by atoms with E-state index in [4.69, 9.17) is 9.72 Å². The summed E-state index contributed by atoms with van der Waals surface area (Å²) in [6.45, 7) is 11.7. The molecule has 0 aliphatic carbocycles. The summed E-state index contributed by atoms with van der Waals surface area (Å²) in [4.78, 5) is 33.2. The first-order valence-corrected chi connectivity index (χ1v) is 12.3. The molecule has 4 rings (SSSR count). The molecule has 172 valence electrons. The van der Waals surface area contributed by atoms with Gasteiger partial charge in [-0.25, -0.2) is 9.78 Å². The molecule has 2 amide bonds. The number of piperidine rings is 1. The van der Waals surface area contributed by atoms with Crippen molar-refractivity contribution in [2.75, 3.05) is 19.6 Å². The van der Waals surface area contributed by atoms with Gasteiger partial charge in [0.1, 0.15) is 5.60 Å². The zero-order chi connectivity index (χ0) is 23.0. The summed E-state index contributed by atoms with van der Waals surface area (Å²) in [6, 6.07) is 6.30. The summed E-state index contributed by atoms with van der Waals surface area (Å²) in [7, 11) is 0. The van der Waals surface area contributed by atoms with Crippen molar-refractivity contribution in [3.05, 3.63) is 34.8 Å². The van der Waals surface area contributed by atoms with E-state index in [0.29, 0.717) is 18.4 Å². The molecule has 3 heterocycles. The van der Waals surface area contributed by atoms with Crippen LogP contribution in [-0.4, -0.2) is 52.0 Å². The molecule has 1 aromatic heterocycles. The molecule has 0 bridgehead atoms. The maximum Gasteiger partial charge on any atom is 0.414 e. The molecule has 6 nitrogen and oxygen atoms in total. The Morgan fingerprint density at radius 3 is 2.56 bits per heavy atom. The van der Waals surface area contributed by atoms with Gasteiger partial charge in [0.15, 0.2) is 0 Å². The predicted molar refractivity (Wildman–Crippen MR) is 129 cm³/mol. The van der Waals surface area contributed by atoms with Crippen LogP contribution in [-0.2, 0) is 9.53 Å². The normalized spacial score (nSPS) is 20.4. The van der Waals surface area contributed by atoms with Crippen LogP contribution in [0.3, 0.4) is 0 Å². The van der Waals surface area contributed by atoms with E-state index in [1.165, 1.54) is 0 Å². The Bertz CT molecular complexity index is 1040. The Kier molecular flexibility index (Phi) is 6.30. The van der Waals surface area contributed by atoms with Crippen molar-refractivity contribution < 1.29 is 14.3 Å². The molecule has 1 fully saturated rings. The van der Waals surface area contributed by atoms with Gasteiger partial charge in [-0.05, 0) is 58.1 Å². The van der Waals surface area contributed by atoms with E-state index < -0.39 is 5.60 Å². The standard InChI is InChI=1S/C25H33N3O3S/c1-16-6-8-21(28(15-16)24(30)31-25(3,4)5)19-7-9-22-20(14-19)26-23(32-22)18-10-12-27(13-11-18)17(2)29/h7-9,14,16,18H,6,10-13,15H2,1-5H3/t16-/m0/s1. The van der Waals surface area contributed by atoms with Gasteiger partial charge in [0.2, 0.25) is 5.91 Å². The van der Waals surface area contributed by atoms with Crippen LogP contribution in [0.15, 0.2) is 24.3 Å². The molecule has 32 heavy (non-hydrogen) atoms. The highest BCUT2D eigenvalue weighted by Gasteiger charge is 2.30. The highest BCUT2D eigenvalue weighted by atomic mass is 32.1. The van der Waals surface area contributed by atoms with Crippen LogP contribution < -0.4 is 0 Å². The second-order valence-electron chi connectivity index (χ2n) is 10.0. The van der Waals surface area contributed by atoms with E-state index in [0.717, 1.165) is 58.8 Å². The van der Waals surface area contributed by atoms with Crippen molar-refractivity contribution in [3.8, 4) is 0 Å². The van der Waals surface area contributed by atoms with E-state index >= 15 is 0 Å². The maximum absolute atomic E-state index is 12.9. The SMILES string of the molecule is CC(=O)N1CCC(c2nc3cc(C4=CC[C@H](C)CN4C(=O)OC(C)(C)C)ccc3s2)CC1. The van der Waals surface area contributed by atoms with Crippen molar-refractivity contribution in [2.24, 2.45) is 5.92 Å². The van der Waals surface area contributed by atoms with E-state index in [1.54, 1.807) is 23.2 Å². The Labute approximate surface area is 194 Å². The highest BCUT2D eigenvalue weighted by molar-refractivity contribution is 7.18. The lowest BCUT2D eigenvalue weighted by Gasteiger charge is -2.33. The predicted octanol–water partition coefficient (Wildman–Crippen LogP) is 5.64. The number of nitrogens with zero attached hydrogens (tertiary/aromatic N) is 3. The van der Waals surface area contributed by atoms with Crippen LogP contribution in [0.2, 0.25) is 0 Å². The summed E-state index contributed by atoms with van der Waals surface area (Å²) >= 11 is 1.74. The summed E-state index contributed by atoms with van der Waals surface area (Å²) in [5, 5.41) is 1.15. The molecule has 2 aliphatic heterocycles.